The molecular weight excluding hydrogens is 274 g/mol. The van der Waals surface area contributed by atoms with E-state index in [0.29, 0.717) is 0 Å². The van der Waals surface area contributed by atoms with Crippen molar-refractivity contribution in [1.82, 2.24) is 0 Å². The van der Waals surface area contributed by atoms with Crippen molar-refractivity contribution >= 4 is 64.1 Å². The van der Waals surface area contributed by atoms with Gasteiger partial charge in [-0.1, -0.05) is 0 Å². The van der Waals surface area contributed by atoms with Crippen LogP contribution in [0.3, 0.4) is 0 Å². The molecule has 0 heterocycles. The zero-order valence-electron chi connectivity index (χ0n) is 3.01. The Morgan fingerprint density at radius 1 is 1.83 bits per heavy atom. The van der Waals surface area contributed by atoms with Gasteiger partial charge in [-0.05, 0) is 0 Å². The Morgan fingerprint density at radius 3 is 1.83 bits per heavy atom. The van der Waals surface area contributed by atoms with E-state index in [2.05, 4.69) is 0 Å². The third kappa shape index (κ3) is 34.3. The Bertz CT molecular complexity index is 59.7. The average molecular weight is 282 g/mol. The second-order valence-corrected chi connectivity index (χ2v) is 23.4. The fourth-order valence-corrected chi connectivity index (χ4v) is 0. The van der Waals surface area contributed by atoms with E-state index in [0.717, 1.165) is 0 Å². The zero-order chi connectivity index (χ0) is 4.50. The quantitative estimate of drug-likeness (QED) is 0.392. The van der Waals surface area contributed by atoms with Gasteiger partial charge in [-0.2, -0.15) is 0 Å². The molecule has 0 aliphatic rings. The van der Waals surface area contributed by atoms with E-state index >= 15 is 0 Å². The van der Waals surface area contributed by atoms with Crippen LogP contribution in [0.5, 0.6) is 0 Å². The molecule has 0 spiro atoms. The maximum atomic E-state index is 9.87. The topological polar surface area (TPSA) is 37.3 Å². The molecule has 33 valence electrons. The van der Waals surface area contributed by atoms with Crippen molar-refractivity contribution in [1.29, 1.82) is 0 Å². The molecular formula is H7AlGaInO2P. The maximum absolute atomic E-state index is 9.87. The van der Waals surface area contributed by atoms with Crippen molar-refractivity contribution in [3.05, 3.63) is 0 Å². The second-order valence-electron chi connectivity index (χ2n) is 1.05. The normalized spacial score (nSPS) is 17.5. The predicted molar refractivity (Wildman–Crippen MR) is 35.5 cm³/mol. The van der Waals surface area contributed by atoms with Gasteiger partial charge in [0, 0.05) is 0 Å². The molecule has 0 aromatic rings. The molecule has 1 atom stereocenters. The van der Waals surface area contributed by atoms with Crippen LogP contribution in [0.15, 0.2) is 0 Å². The molecule has 1 N–H and O–H groups in total. The van der Waals surface area contributed by atoms with Crippen molar-refractivity contribution in [2.75, 3.05) is 0 Å². The number of hydrogen-bond donors (Lipinski definition) is 1. The zero-order valence-corrected chi connectivity index (χ0v) is 9.51. The van der Waals surface area contributed by atoms with Crippen LogP contribution in [-0.4, -0.2) is 64.7 Å². The predicted octanol–water partition coefficient (Wildman–Crippen LogP) is -2.56. The molecule has 0 rings (SSSR count). The van der Waals surface area contributed by atoms with E-state index in [-0.39, 0.29) is 44.0 Å². The van der Waals surface area contributed by atoms with Crippen molar-refractivity contribution in [3.8, 4) is 0 Å². The van der Waals surface area contributed by atoms with Crippen LogP contribution in [0.25, 0.3) is 0 Å². The van der Waals surface area contributed by atoms with Gasteiger partial charge in [0.25, 0.3) is 0 Å². The summed E-state index contributed by atoms with van der Waals surface area (Å²) in [5.74, 6) is 0. The molecule has 0 saturated carbocycles. The van der Waals surface area contributed by atoms with Crippen LogP contribution in [0.2, 0.25) is 0 Å². The van der Waals surface area contributed by atoms with Crippen molar-refractivity contribution < 1.29 is 9.46 Å². The fourth-order valence-electron chi connectivity index (χ4n) is 0. The van der Waals surface area contributed by atoms with E-state index in [1.807, 2.05) is 0 Å². The molecule has 0 aromatic heterocycles. The van der Waals surface area contributed by atoms with Crippen molar-refractivity contribution in [2.45, 2.75) is 0 Å². The van der Waals surface area contributed by atoms with Crippen LogP contribution < -0.4 is 0 Å². The van der Waals surface area contributed by atoms with E-state index in [4.69, 9.17) is 4.89 Å². The van der Waals surface area contributed by atoms with E-state index < -0.39 is 4.30 Å². The van der Waals surface area contributed by atoms with Gasteiger partial charge in [-0.3, -0.25) is 0 Å². The minimum absolute atomic E-state index is 0. The molecule has 0 aliphatic carbocycles. The Kier molecular flexibility index (Phi) is 7.65. The average Bonchev–Trinajstić information content (AvgIpc) is 0.722. The van der Waals surface area contributed by atoms with E-state index in [9.17, 15) is 4.57 Å². The molecule has 1 unspecified atom stereocenters. The molecule has 0 saturated heterocycles. The summed E-state index contributed by atoms with van der Waals surface area (Å²) < 4.78 is 7.44. The molecule has 0 fully saturated rings. The van der Waals surface area contributed by atoms with Crippen LogP contribution in [0, 0.1) is 0 Å². The summed E-state index contributed by atoms with van der Waals surface area (Å²) in [6, 6.07) is 0. The Morgan fingerprint density at radius 2 is 1.83 bits per heavy atom. The first kappa shape index (κ1) is 11.1. The Balaban J connectivity index is 0. The van der Waals surface area contributed by atoms with Gasteiger partial charge in [0.1, 0.15) is 0 Å². The summed E-state index contributed by atoms with van der Waals surface area (Å²) in [6.45, 7) is 0. The minimum atomic E-state index is -2.42. The van der Waals surface area contributed by atoms with Crippen LogP contribution in [-0.2, 0) is 4.57 Å². The van der Waals surface area contributed by atoms with E-state index in [1.165, 1.54) is 15.8 Å². The third-order valence-corrected chi connectivity index (χ3v) is 0. The van der Waals surface area contributed by atoms with Gasteiger partial charge >= 0.3 is 73.6 Å². The Labute approximate surface area is 72.8 Å². The van der Waals surface area contributed by atoms with Gasteiger partial charge in [0.15, 0.2) is 0 Å². The first-order chi connectivity index (χ1) is 2.00. The van der Waals surface area contributed by atoms with Crippen molar-refractivity contribution in [3.63, 3.8) is 0 Å². The van der Waals surface area contributed by atoms with Gasteiger partial charge < -0.3 is 0 Å². The molecule has 2 nitrogen and oxygen atoms in total. The monoisotopic (exact) mass is 281 g/mol. The summed E-state index contributed by atoms with van der Waals surface area (Å²) in [5.41, 5.74) is 0. The van der Waals surface area contributed by atoms with Crippen LogP contribution in [0.4, 0.5) is 0 Å². The second kappa shape index (κ2) is 4.14. The summed E-state index contributed by atoms with van der Waals surface area (Å²) in [4.78, 5) is 8.17. The Hall–Kier alpha value is 2.23. The molecule has 6 heteroatoms. The fraction of sp³-hybridized carbons (Fsp3) is 0. The molecule has 0 aliphatic heterocycles. The molecule has 1 radical (unpaired) electrons. The SMILES string of the molecule is O=[P](O)([AlH])[GaH2].[InH3]. The summed E-state index contributed by atoms with van der Waals surface area (Å²) >= 11 is 1.33. The summed E-state index contributed by atoms with van der Waals surface area (Å²) in [5, 5.41) is 0. The standard InChI is InChI=1S/Al.Ga.In.HO2P.6H/c;;;1-3-2;;;;;;/h;;;(H,1,2);;;;;;. The number of rotatable bonds is 0. The molecule has 0 aromatic carbocycles. The molecule has 0 amide bonds. The third-order valence-electron chi connectivity index (χ3n) is 0. The molecule has 0 bridgehead atoms. The van der Waals surface area contributed by atoms with Crippen molar-refractivity contribution in [2.24, 2.45) is 0 Å². The summed E-state index contributed by atoms with van der Waals surface area (Å²) in [6.07, 6.45) is 0. The van der Waals surface area contributed by atoms with Crippen LogP contribution >= 0.6 is 4.30 Å². The first-order valence-corrected chi connectivity index (χ1v) is 11.0. The first-order valence-electron chi connectivity index (χ1n) is 1.15. The van der Waals surface area contributed by atoms with Crippen LogP contribution in [0.1, 0.15) is 0 Å². The van der Waals surface area contributed by atoms with E-state index in [1.54, 1.807) is 0 Å². The van der Waals surface area contributed by atoms with Gasteiger partial charge in [0.2, 0.25) is 0 Å². The summed E-state index contributed by atoms with van der Waals surface area (Å²) in [7, 11) is 0. The number of hydrogen-bond acceptors (Lipinski definition) is 1. The van der Waals surface area contributed by atoms with Gasteiger partial charge in [0.05, 0.1) is 0 Å². The molecule has 6 heavy (non-hydrogen) atoms. The van der Waals surface area contributed by atoms with Gasteiger partial charge in [-0.25, -0.2) is 0 Å². The van der Waals surface area contributed by atoms with Gasteiger partial charge in [-0.15, -0.1) is 0 Å².